The first kappa shape index (κ1) is 16.9. The van der Waals surface area contributed by atoms with Crippen LogP contribution in [0.15, 0.2) is 70.6 Å². The number of amides is 1. The Bertz CT molecular complexity index is 1060. The zero-order valence-corrected chi connectivity index (χ0v) is 16.3. The first-order chi connectivity index (χ1) is 12.7. The van der Waals surface area contributed by atoms with Crippen molar-refractivity contribution in [3.05, 3.63) is 75.2 Å². The van der Waals surface area contributed by atoms with E-state index in [9.17, 15) is 4.79 Å². The van der Waals surface area contributed by atoms with Crippen molar-refractivity contribution in [1.29, 1.82) is 0 Å². The maximum absolute atomic E-state index is 12.6. The minimum absolute atomic E-state index is 0.186. The quantitative estimate of drug-likeness (QED) is 0.408. The molecular formula is C19H12IN3O2S. The van der Waals surface area contributed by atoms with Gasteiger partial charge in [-0.3, -0.25) is 4.79 Å². The minimum atomic E-state index is -0.186. The number of carbonyl (C=O) groups is 1. The fourth-order valence-electron chi connectivity index (χ4n) is 2.44. The van der Waals surface area contributed by atoms with Gasteiger partial charge in [0.15, 0.2) is 0 Å². The predicted octanol–water partition coefficient (Wildman–Crippen LogP) is 5.32. The van der Waals surface area contributed by atoms with Gasteiger partial charge in [-0.15, -0.1) is 11.3 Å². The summed E-state index contributed by atoms with van der Waals surface area (Å²) in [5.41, 5.74) is 1.90. The van der Waals surface area contributed by atoms with Gasteiger partial charge in [-0.05, 0) is 64.4 Å². The van der Waals surface area contributed by atoms with Gasteiger partial charge in [0, 0.05) is 9.13 Å². The van der Waals surface area contributed by atoms with Crippen LogP contribution in [-0.2, 0) is 0 Å². The summed E-state index contributed by atoms with van der Waals surface area (Å²) in [5.74, 6) is 0.717. The monoisotopic (exact) mass is 473 g/mol. The Morgan fingerprint density at radius 1 is 1.08 bits per heavy atom. The Labute approximate surface area is 167 Å². The second kappa shape index (κ2) is 7.38. The van der Waals surface area contributed by atoms with E-state index in [0.29, 0.717) is 28.5 Å². The number of rotatable bonds is 4. The van der Waals surface area contributed by atoms with Crippen molar-refractivity contribution < 1.29 is 9.32 Å². The van der Waals surface area contributed by atoms with Crippen molar-refractivity contribution >= 4 is 45.5 Å². The zero-order chi connectivity index (χ0) is 17.9. The number of nitrogens with zero attached hydrogens (tertiary/aromatic N) is 2. The van der Waals surface area contributed by atoms with Crippen LogP contribution in [0.5, 0.6) is 0 Å². The van der Waals surface area contributed by atoms with Gasteiger partial charge in [-0.2, -0.15) is 4.98 Å². The predicted molar refractivity (Wildman–Crippen MR) is 110 cm³/mol. The molecule has 0 radical (unpaired) electrons. The molecule has 0 bridgehead atoms. The molecule has 128 valence electrons. The Morgan fingerprint density at radius 3 is 2.77 bits per heavy atom. The largest absolute Gasteiger partial charge is 0.334 e. The third-order valence-electron chi connectivity index (χ3n) is 3.66. The van der Waals surface area contributed by atoms with Crippen molar-refractivity contribution in [2.45, 2.75) is 0 Å². The summed E-state index contributed by atoms with van der Waals surface area (Å²) in [5, 5.41) is 8.92. The number of thiophene rings is 1. The number of anilines is 1. The molecule has 7 heteroatoms. The molecular weight excluding hydrogens is 461 g/mol. The smallest absolute Gasteiger partial charge is 0.260 e. The van der Waals surface area contributed by atoms with Crippen LogP contribution in [0.25, 0.3) is 22.2 Å². The van der Waals surface area contributed by atoms with Crippen LogP contribution in [0.1, 0.15) is 10.4 Å². The molecule has 1 N–H and O–H groups in total. The summed E-state index contributed by atoms with van der Waals surface area (Å²) in [6.07, 6.45) is 0. The molecule has 0 unspecified atom stereocenters. The molecule has 2 aromatic heterocycles. The third-order valence-corrected chi connectivity index (χ3v) is 5.20. The lowest BCUT2D eigenvalue weighted by Crippen LogP contribution is -2.12. The molecule has 0 saturated heterocycles. The van der Waals surface area contributed by atoms with Crippen molar-refractivity contribution in [1.82, 2.24) is 10.1 Å². The van der Waals surface area contributed by atoms with E-state index in [1.54, 1.807) is 17.4 Å². The first-order valence-corrected chi connectivity index (χ1v) is 9.70. The highest BCUT2D eigenvalue weighted by atomic mass is 127. The second-order valence-electron chi connectivity index (χ2n) is 5.41. The Balaban J connectivity index is 1.64. The van der Waals surface area contributed by atoms with Crippen LogP contribution in [0.4, 0.5) is 5.69 Å². The number of nitrogens with one attached hydrogen (secondary N) is 1. The third kappa shape index (κ3) is 3.54. The fourth-order valence-corrected chi connectivity index (χ4v) is 3.63. The summed E-state index contributed by atoms with van der Waals surface area (Å²) in [6.45, 7) is 0. The van der Waals surface area contributed by atoms with Crippen molar-refractivity contribution in [2.75, 3.05) is 5.32 Å². The lowest BCUT2D eigenvalue weighted by Gasteiger charge is -2.08. The number of hydrogen-bond acceptors (Lipinski definition) is 5. The average Bonchev–Trinajstić information content (AvgIpc) is 3.34. The maximum atomic E-state index is 12.6. The summed E-state index contributed by atoms with van der Waals surface area (Å²) in [6, 6.07) is 18.7. The van der Waals surface area contributed by atoms with Crippen LogP contribution < -0.4 is 5.32 Å². The number of benzene rings is 2. The van der Waals surface area contributed by atoms with E-state index in [1.807, 2.05) is 60.0 Å². The minimum Gasteiger partial charge on any atom is -0.334 e. The molecule has 0 aliphatic heterocycles. The standard InChI is InChI=1S/C19H12IN3O2S/c20-13-6-3-5-12(11-13)18(24)21-15-8-2-1-7-14(15)19-22-17(23-25-19)16-9-4-10-26-16/h1-11H,(H,21,24). The van der Waals surface area contributed by atoms with E-state index in [2.05, 4.69) is 38.0 Å². The van der Waals surface area contributed by atoms with Crippen LogP contribution in [0.3, 0.4) is 0 Å². The van der Waals surface area contributed by atoms with E-state index >= 15 is 0 Å². The number of hydrogen-bond donors (Lipinski definition) is 1. The molecule has 2 aromatic carbocycles. The van der Waals surface area contributed by atoms with Gasteiger partial charge >= 0.3 is 0 Å². The number of halogens is 1. The average molecular weight is 473 g/mol. The van der Waals surface area contributed by atoms with E-state index in [-0.39, 0.29) is 5.91 Å². The SMILES string of the molecule is O=C(Nc1ccccc1-c1nc(-c2cccs2)no1)c1cccc(I)c1. The van der Waals surface area contributed by atoms with Gasteiger partial charge in [-0.1, -0.05) is 29.4 Å². The molecule has 0 saturated carbocycles. The van der Waals surface area contributed by atoms with Gasteiger partial charge in [0.05, 0.1) is 16.1 Å². The second-order valence-corrected chi connectivity index (χ2v) is 7.60. The highest BCUT2D eigenvalue weighted by molar-refractivity contribution is 14.1. The molecule has 0 aliphatic carbocycles. The highest BCUT2D eigenvalue weighted by Crippen LogP contribution is 2.30. The van der Waals surface area contributed by atoms with Crippen molar-refractivity contribution in [3.63, 3.8) is 0 Å². The van der Waals surface area contributed by atoms with Crippen LogP contribution in [0, 0.1) is 3.57 Å². The molecule has 0 spiro atoms. The van der Waals surface area contributed by atoms with Gasteiger partial charge in [-0.25, -0.2) is 0 Å². The first-order valence-electron chi connectivity index (χ1n) is 7.74. The summed E-state index contributed by atoms with van der Waals surface area (Å²) >= 11 is 3.72. The fraction of sp³-hybridized carbons (Fsp3) is 0. The topological polar surface area (TPSA) is 68.0 Å². The van der Waals surface area contributed by atoms with Gasteiger partial charge in [0.1, 0.15) is 0 Å². The lowest BCUT2D eigenvalue weighted by molar-refractivity contribution is 0.102. The van der Waals surface area contributed by atoms with Gasteiger partial charge in [0.2, 0.25) is 5.82 Å². The molecule has 0 aliphatic rings. The lowest BCUT2D eigenvalue weighted by atomic mass is 10.1. The summed E-state index contributed by atoms with van der Waals surface area (Å²) in [7, 11) is 0. The summed E-state index contributed by atoms with van der Waals surface area (Å²) < 4.78 is 6.42. The van der Waals surface area contributed by atoms with E-state index in [0.717, 1.165) is 8.45 Å². The van der Waals surface area contributed by atoms with E-state index < -0.39 is 0 Å². The number of carbonyl (C=O) groups excluding carboxylic acids is 1. The molecule has 4 rings (SSSR count). The molecule has 4 aromatic rings. The summed E-state index contributed by atoms with van der Waals surface area (Å²) in [4.78, 5) is 18.0. The molecule has 1 amide bonds. The van der Waals surface area contributed by atoms with Crippen LogP contribution in [0.2, 0.25) is 0 Å². The van der Waals surface area contributed by atoms with Crippen molar-refractivity contribution in [3.8, 4) is 22.2 Å². The van der Waals surface area contributed by atoms with E-state index in [1.165, 1.54) is 0 Å². The van der Waals surface area contributed by atoms with E-state index in [4.69, 9.17) is 4.52 Å². The van der Waals surface area contributed by atoms with Gasteiger partial charge < -0.3 is 9.84 Å². The Kier molecular flexibility index (Phi) is 4.81. The normalized spacial score (nSPS) is 10.7. The molecule has 5 nitrogen and oxygen atoms in total. The molecule has 0 atom stereocenters. The molecule has 0 fully saturated rings. The Hall–Kier alpha value is -2.52. The Morgan fingerprint density at radius 2 is 1.96 bits per heavy atom. The highest BCUT2D eigenvalue weighted by Gasteiger charge is 2.16. The van der Waals surface area contributed by atoms with Crippen LogP contribution >= 0.6 is 33.9 Å². The molecule has 2 heterocycles. The number of aromatic nitrogens is 2. The van der Waals surface area contributed by atoms with Crippen molar-refractivity contribution in [2.24, 2.45) is 0 Å². The maximum Gasteiger partial charge on any atom is 0.260 e. The zero-order valence-electron chi connectivity index (χ0n) is 13.3. The van der Waals surface area contributed by atoms with Crippen LogP contribution in [-0.4, -0.2) is 16.0 Å². The molecule has 26 heavy (non-hydrogen) atoms. The van der Waals surface area contributed by atoms with Gasteiger partial charge in [0.25, 0.3) is 11.8 Å². The number of para-hydroxylation sites is 1.